The second kappa shape index (κ2) is 7.30. The van der Waals surface area contributed by atoms with Crippen LogP contribution in [0.2, 0.25) is 0 Å². The van der Waals surface area contributed by atoms with E-state index in [1.165, 1.54) is 25.7 Å². The van der Waals surface area contributed by atoms with Crippen molar-refractivity contribution in [2.45, 2.75) is 52.0 Å². The monoisotopic (exact) mass is 286 g/mol. The molecule has 2 rings (SSSR count). The highest BCUT2D eigenvalue weighted by molar-refractivity contribution is 5.91. The minimum atomic E-state index is 0.0365. The van der Waals surface area contributed by atoms with Gasteiger partial charge in [-0.2, -0.15) is 0 Å². The summed E-state index contributed by atoms with van der Waals surface area (Å²) in [5.74, 6) is 0. The molecule has 0 radical (unpaired) electrons. The second-order valence-corrected chi connectivity index (χ2v) is 5.87. The van der Waals surface area contributed by atoms with Crippen LogP contribution in [0.15, 0.2) is 35.1 Å². The number of aryl methyl sites for hydroxylation is 1. The van der Waals surface area contributed by atoms with Gasteiger partial charge in [0.15, 0.2) is 0 Å². The molecule has 3 heteroatoms. The molecule has 0 bridgehead atoms. The zero-order valence-electron chi connectivity index (χ0n) is 13.4. The number of pyridine rings is 1. The van der Waals surface area contributed by atoms with E-state index in [0.29, 0.717) is 6.04 Å². The second-order valence-electron chi connectivity index (χ2n) is 5.87. The summed E-state index contributed by atoms with van der Waals surface area (Å²) in [4.78, 5) is 12.1. The lowest BCUT2D eigenvalue weighted by Gasteiger charge is -2.17. The van der Waals surface area contributed by atoms with E-state index < -0.39 is 0 Å². The predicted molar refractivity (Wildman–Crippen MR) is 91.0 cm³/mol. The Morgan fingerprint density at radius 2 is 1.95 bits per heavy atom. The Hall–Kier alpha value is -1.77. The lowest BCUT2D eigenvalue weighted by atomic mass is 10.1. The normalized spacial score (nSPS) is 12.5. The summed E-state index contributed by atoms with van der Waals surface area (Å²) in [6, 6.07) is 10.2. The molecular formula is C18H26N2O. The number of hydrogen-bond acceptors (Lipinski definition) is 2. The highest BCUT2D eigenvalue weighted by Gasteiger charge is 2.08. The summed E-state index contributed by atoms with van der Waals surface area (Å²) in [5, 5.41) is 4.63. The Morgan fingerprint density at radius 3 is 2.71 bits per heavy atom. The van der Waals surface area contributed by atoms with E-state index in [1.807, 2.05) is 25.2 Å². The summed E-state index contributed by atoms with van der Waals surface area (Å²) in [5.41, 5.74) is 1.97. The molecule has 1 aromatic carbocycles. The van der Waals surface area contributed by atoms with E-state index in [1.54, 1.807) is 10.6 Å². The van der Waals surface area contributed by atoms with E-state index in [0.717, 1.165) is 23.0 Å². The number of anilines is 1. The molecule has 1 unspecified atom stereocenters. The molecule has 1 aromatic heterocycles. The Balaban J connectivity index is 2.15. The number of aromatic nitrogens is 1. The lowest BCUT2D eigenvalue weighted by molar-refractivity contribution is 0.594. The van der Waals surface area contributed by atoms with Crippen LogP contribution in [0.1, 0.15) is 46.0 Å². The molecule has 0 aliphatic rings. The van der Waals surface area contributed by atoms with Crippen LogP contribution in [0.25, 0.3) is 10.9 Å². The SMILES string of the molecule is CCCCCCC(C)Nc1cc(=O)n(C)c2ccccc12. The van der Waals surface area contributed by atoms with Crippen LogP contribution in [0.3, 0.4) is 0 Å². The highest BCUT2D eigenvalue weighted by Crippen LogP contribution is 2.22. The van der Waals surface area contributed by atoms with Crippen LogP contribution in [0, 0.1) is 0 Å². The van der Waals surface area contributed by atoms with Gasteiger partial charge in [-0.05, 0) is 19.4 Å². The number of para-hydroxylation sites is 1. The third kappa shape index (κ3) is 3.87. The van der Waals surface area contributed by atoms with Crippen molar-refractivity contribution >= 4 is 16.6 Å². The van der Waals surface area contributed by atoms with Crippen molar-refractivity contribution in [2.24, 2.45) is 7.05 Å². The highest BCUT2D eigenvalue weighted by atomic mass is 16.1. The van der Waals surface area contributed by atoms with Crippen LogP contribution < -0.4 is 10.9 Å². The molecular weight excluding hydrogens is 260 g/mol. The van der Waals surface area contributed by atoms with Crippen molar-refractivity contribution < 1.29 is 0 Å². The number of rotatable bonds is 7. The maximum Gasteiger partial charge on any atom is 0.252 e. The smallest absolute Gasteiger partial charge is 0.252 e. The summed E-state index contributed by atoms with van der Waals surface area (Å²) < 4.78 is 1.70. The minimum Gasteiger partial charge on any atom is -0.382 e. The Morgan fingerprint density at radius 1 is 1.19 bits per heavy atom. The van der Waals surface area contributed by atoms with Gasteiger partial charge in [-0.25, -0.2) is 0 Å². The number of fused-ring (bicyclic) bond motifs is 1. The Labute approximate surface area is 127 Å². The van der Waals surface area contributed by atoms with Gasteiger partial charge in [0, 0.05) is 30.2 Å². The van der Waals surface area contributed by atoms with Crippen molar-refractivity contribution in [3.8, 4) is 0 Å². The van der Waals surface area contributed by atoms with Crippen LogP contribution in [0.4, 0.5) is 5.69 Å². The van der Waals surface area contributed by atoms with Crippen molar-refractivity contribution in [2.75, 3.05) is 5.32 Å². The van der Waals surface area contributed by atoms with Crippen molar-refractivity contribution in [3.63, 3.8) is 0 Å². The lowest BCUT2D eigenvalue weighted by Crippen LogP contribution is -2.21. The molecule has 114 valence electrons. The van der Waals surface area contributed by atoms with Gasteiger partial charge in [0.2, 0.25) is 0 Å². The van der Waals surface area contributed by atoms with E-state index in [4.69, 9.17) is 0 Å². The number of unbranched alkanes of at least 4 members (excludes halogenated alkanes) is 3. The van der Waals surface area contributed by atoms with Crippen LogP contribution in [-0.2, 0) is 7.05 Å². The molecule has 1 N–H and O–H groups in total. The van der Waals surface area contributed by atoms with Crippen molar-refractivity contribution in [1.29, 1.82) is 0 Å². The largest absolute Gasteiger partial charge is 0.382 e. The fraction of sp³-hybridized carbons (Fsp3) is 0.500. The molecule has 0 amide bonds. The molecule has 0 spiro atoms. The Bertz CT molecular complexity index is 645. The molecule has 0 aliphatic carbocycles. The first-order valence-corrected chi connectivity index (χ1v) is 7.98. The van der Waals surface area contributed by atoms with Gasteiger partial charge in [-0.1, -0.05) is 50.8 Å². The minimum absolute atomic E-state index is 0.0365. The van der Waals surface area contributed by atoms with E-state index in [-0.39, 0.29) is 5.56 Å². The average molecular weight is 286 g/mol. The molecule has 0 saturated carbocycles. The fourth-order valence-corrected chi connectivity index (χ4v) is 2.74. The molecule has 0 saturated heterocycles. The maximum absolute atomic E-state index is 12.1. The molecule has 0 aliphatic heterocycles. The first-order valence-electron chi connectivity index (χ1n) is 7.98. The zero-order valence-corrected chi connectivity index (χ0v) is 13.4. The molecule has 2 aromatic rings. The third-order valence-electron chi connectivity index (χ3n) is 4.05. The maximum atomic E-state index is 12.1. The number of benzene rings is 1. The van der Waals surface area contributed by atoms with Gasteiger partial charge < -0.3 is 9.88 Å². The molecule has 1 atom stereocenters. The van der Waals surface area contributed by atoms with E-state index >= 15 is 0 Å². The van der Waals surface area contributed by atoms with Crippen LogP contribution in [0.5, 0.6) is 0 Å². The summed E-state index contributed by atoms with van der Waals surface area (Å²) in [6.07, 6.45) is 6.25. The molecule has 0 fully saturated rings. The topological polar surface area (TPSA) is 34.0 Å². The summed E-state index contributed by atoms with van der Waals surface area (Å²) >= 11 is 0. The molecule has 21 heavy (non-hydrogen) atoms. The van der Waals surface area contributed by atoms with Gasteiger partial charge in [-0.3, -0.25) is 4.79 Å². The number of hydrogen-bond donors (Lipinski definition) is 1. The first-order chi connectivity index (χ1) is 10.1. The fourth-order valence-electron chi connectivity index (χ4n) is 2.74. The number of nitrogens with zero attached hydrogens (tertiary/aromatic N) is 1. The first kappa shape index (κ1) is 15.6. The summed E-state index contributed by atoms with van der Waals surface area (Å²) in [6.45, 7) is 4.42. The van der Waals surface area contributed by atoms with E-state index in [2.05, 4.69) is 25.2 Å². The van der Waals surface area contributed by atoms with Crippen molar-refractivity contribution in [3.05, 3.63) is 40.7 Å². The standard InChI is InChI=1S/C18H26N2O/c1-4-5-6-7-10-14(2)19-16-13-18(21)20(3)17-12-9-8-11-15(16)17/h8-9,11-14,19H,4-7,10H2,1-3H3. The van der Waals surface area contributed by atoms with Crippen LogP contribution in [-0.4, -0.2) is 10.6 Å². The zero-order chi connectivity index (χ0) is 15.2. The third-order valence-corrected chi connectivity index (χ3v) is 4.05. The van der Waals surface area contributed by atoms with Gasteiger partial charge in [0.25, 0.3) is 5.56 Å². The summed E-state index contributed by atoms with van der Waals surface area (Å²) in [7, 11) is 1.82. The van der Waals surface area contributed by atoms with Gasteiger partial charge in [0.05, 0.1) is 5.52 Å². The van der Waals surface area contributed by atoms with Gasteiger partial charge in [-0.15, -0.1) is 0 Å². The predicted octanol–water partition coefficient (Wildman–Crippen LogP) is 4.31. The van der Waals surface area contributed by atoms with E-state index in [9.17, 15) is 4.79 Å². The van der Waals surface area contributed by atoms with Gasteiger partial charge >= 0.3 is 0 Å². The van der Waals surface area contributed by atoms with Gasteiger partial charge in [0.1, 0.15) is 0 Å². The molecule has 3 nitrogen and oxygen atoms in total. The average Bonchev–Trinajstić information content (AvgIpc) is 2.49. The molecule has 1 heterocycles. The van der Waals surface area contributed by atoms with Crippen molar-refractivity contribution in [1.82, 2.24) is 4.57 Å². The quantitative estimate of drug-likeness (QED) is 0.770. The van der Waals surface area contributed by atoms with Crippen LogP contribution >= 0.6 is 0 Å². The Kier molecular flexibility index (Phi) is 5.43. The number of nitrogens with one attached hydrogen (secondary N) is 1.